The molecular weight excluding hydrogens is 144 g/mol. The zero-order chi connectivity index (χ0) is 6.81. The Kier molecular flexibility index (Phi) is 1.65. The fourth-order valence-corrected chi connectivity index (χ4v) is 1.80. The van der Waals surface area contributed by atoms with Crippen LogP contribution in [-0.4, -0.2) is 5.94 Å². The minimum absolute atomic E-state index is 0.781. The van der Waals surface area contributed by atoms with Crippen LogP contribution in [-0.2, 0) is 11.3 Å². The van der Waals surface area contributed by atoms with Gasteiger partial charge >= 0.3 is 0 Å². The molecule has 2 heteroatoms. The number of benzene rings is 1. The average molecular weight is 152 g/mol. The van der Waals surface area contributed by atoms with Crippen molar-refractivity contribution in [3.8, 4) is 0 Å². The quantitative estimate of drug-likeness (QED) is 0.564. The van der Waals surface area contributed by atoms with E-state index in [2.05, 4.69) is 18.2 Å². The summed E-state index contributed by atoms with van der Waals surface area (Å²) in [4.78, 5) is 1.37. The minimum atomic E-state index is 0.781. The normalized spacial score (nSPS) is 16.4. The van der Waals surface area contributed by atoms with Crippen LogP contribution in [0.15, 0.2) is 29.2 Å². The summed E-state index contributed by atoms with van der Waals surface area (Å²) in [6.45, 7) is 0.781. The lowest BCUT2D eigenvalue weighted by molar-refractivity contribution is 0.162. The highest BCUT2D eigenvalue weighted by molar-refractivity contribution is 7.99. The second-order valence-electron chi connectivity index (χ2n) is 2.22. The van der Waals surface area contributed by atoms with Gasteiger partial charge in [-0.25, -0.2) is 0 Å². The first-order valence-electron chi connectivity index (χ1n) is 3.25. The third-order valence-electron chi connectivity index (χ3n) is 1.53. The SMILES string of the molecule is c1ccc2c(c1)COCS2. The number of thioether (sulfide) groups is 1. The molecule has 0 saturated heterocycles. The van der Waals surface area contributed by atoms with E-state index in [-0.39, 0.29) is 0 Å². The van der Waals surface area contributed by atoms with E-state index >= 15 is 0 Å². The lowest BCUT2D eigenvalue weighted by Crippen LogP contribution is -2.00. The van der Waals surface area contributed by atoms with E-state index in [1.807, 2.05) is 6.07 Å². The summed E-state index contributed by atoms with van der Waals surface area (Å²) in [5.41, 5.74) is 1.32. The van der Waals surface area contributed by atoms with Gasteiger partial charge in [-0.2, -0.15) is 0 Å². The van der Waals surface area contributed by atoms with E-state index in [0.717, 1.165) is 12.5 Å². The zero-order valence-electron chi connectivity index (χ0n) is 5.54. The van der Waals surface area contributed by atoms with Crippen molar-refractivity contribution in [2.24, 2.45) is 0 Å². The van der Waals surface area contributed by atoms with Gasteiger partial charge in [0.1, 0.15) is 0 Å². The zero-order valence-corrected chi connectivity index (χ0v) is 6.36. The summed E-state index contributed by atoms with van der Waals surface area (Å²) in [6.07, 6.45) is 0. The Balaban J connectivity index is 2.41. The third kappa shape index (κ3) is 1.04. The molecule has 0 N–H and O–H groups in total. The number of rotatable bonds is 0. The van der Waals surface area contributed by atoms with E-state index in [0.29, 0.717) is 0 Å². The molecule has 1 nitrogen and oxygen atoms in total. The van der Waals surface area contributed by atoms with Gasteiger partial charge in [-0.05, 0) is 11.6 Å². The van der Waals surface area contributed by atoms with Crippen molar-refractivity contribution in [3.05, 3.63) is 29.8 Å². The highest BCUT2D eigenvalue weighted by Crippen LogP contribution is 2.27. The van der Waals surface area contributed by atoms with Gasteiger partial charge in [-0.1, -0.05) is 30.0 Å². The van der Waals surface area contributed by atoms with Crippen molar-refractivity contribution in [3.63, 3.8) is 0 Å². The molecule has 1 heterocycles. The average Bonchev–Trinajstić information content (AvgIpc) is 2.05. The van der Waals surface area contributed by atoms with E-state index in [4.69, 9.17) is 4.74 Å². The van der Waals surface area contributed by atoms with E-state index in [1.165, 1.54) is 10.5 Å². The maximum Gasteiger partial charge on any atom is 0.0971 e. The molecule has 2 rings (SSSR count). The summed E-state index contributed by atoms with van der Waals surface area (Å²) in [6, 6.07) is 8.37. The van der Waals surface area contributed by atoms with Crippen molar-refractivity contribution in [2.45, 2.75) is 11.5 Å². The van der Waals surface area contributed by atoms with Gasteiger partial charge in [-0.15, -0.1) is 0 Å². The fourth-order valence-electron chi connectivity index (χ4n) is 1.02. The summed E-state index contributed by atoms with van der Waals surface area (Å²) in [5.74, 6) is 0.803. The van der Waals surface area contributed by atoms with Crippen LogP contribution in [0.2, 0.25) is 0 Å². The Morgan fingerprint density at radius 2 is 2.20 bits per heavy atom. The first kappa shape index (κ1) is 6.25. The van der Waals surface area contributed by atoms with Gasteiger partial charge in [0, 0.05) is 4.90 Å². The van der Waals surface area contributed by atoms with E-state index < -0.39 is 0 Å². The van der Waals surface area contributed by atoms with Gasteiger partial charge in [-0.3, -0.25) is 0 Å². The maximum absolute atomic E-state index is 5.26. The van der Waals surface area contributed by atoms with E-state index in [1.54, 1.807) is 11.8 Å². The second-order valence-corrected chi connectivity index (χ2v) is 3.18. The number of ether oxygens (including phenoxy) is 1. The second kappa shape index (κ2) is 2.64. The molecule has 0 saturated carbocycles. The Bertz CT molecular complexity index is 209. The van der Waals surface area contributed by atoms with Gasteiger partial charge < -0.3 is 4.74 Å². The van der Waals surface area contributed by atoms with Crippen LogP contribution in [0.3, 0.4) is 0 Å². The van der Waals surface area contributed by atoms with Crippen LogP contribution in [0.5, 0.6) is 0 Å². The molecule has 0 spiro atoms. The van der Waals surface area contributed by atoms with Crippen molar-refractivity contribution in [2.75, 3.05) is 5.94 Å². The molecule has 0 aromatic heterocycles. The smallest absolute Gasteiger partial charge is 0.0971 e. The Morgan fingerprint density at radius 3 is 3.10 bits per heavy atom. The molecule has 1 aromatic rings. The van der Waals surface area contributed by atoms with Crippen molar-refractivity contribution in [1.29, 1.82) is 0 Å². The van der Waals surface area contributed by atoms with Crippen molar-refractivity contribution in [1.82, 2.24) is 0 Å². The number of fused-ring (bicyclic) bond motifs is 1. The molecule has 52 valence electrons. The molecule has 0 amide bonds. The minimum Gasteiger partial charge on any atom is -0.366 e. The molecule has 1 aliphatic heterocycles. The lowest BCUT2D eigenvalue weighted by atomic mass is 10.2. The molecular formula is C8H8OS. The van der Waals surface area contributed by atoms with Crippen LogP contribution >= 0.6 is 11.8 Å². The van der Waals surface area contributed by atoms with Crippen LogP contribution in [0.1, 0.15) is 5.56 Å². The molecule has 1 aromatic carbocycles. The third-order valence-corrected chi connectivity index (χ3v) is 2.52. The molecule has 10 heavy (non-hydrogen) atoms. The van der Waals surface area contributed by atoms with Gasteiger partial charge in [0.25, 0.3) is 0 Å². The largest absolute Gasteiger partial charge is 0.366 e. The van der Waals surface area contributed by atoms with Crippen LogP contribution in [0, 0.1) is 0 Å². The highest BCUT2D eigenvalue weighted by Gasteiger charge is 2.06. The summed E-state index contributed by atoms with van der Waals surface area (Å²) in [7, 11) is 0. The Hall–Kier alpha value is -0.470. The topological polar surface area (TPSA) is 9.23 Å². The van der Waals surface area contributed by atoms with Crippen molar-refractivity contribution < 1.29 is 4.74 Å². The summed E-state index contributed by atoms with van der Waals surface area (Å²) < 4.78 is 5.26. The van der Waals surface area contributed by atoms with Crippen molar-refractivity contribution >= 4 is 11.8 Å². The van der Waals surface area contributed by atoms with Crippen LogP contribution in [0.25, 0.3) is 0 Å². The predicted molar refractivity (Wildman–Crippen MR) is 42.0 cm³/mol. The molecule has 0 aliphatic carbocycles. The predicted octanol–water partition coefficient (Wildman–Crippen LogP) is 2.27. The molecule has 0 radical (unpaired) electrons. The molecule has 1 aliphatic rings. The summed E-state index contributed by atoms with van der Waals surface area (Å²) in [5, 5.41) is 0. The van der Waals surface area contributed by atoms with Crippen LogP contribution in [0.4, 0.5) is 0 Å². The molecule has 0 unspecified atom stereocenters. The van der Waals surface area contributed by atoms with Gasteiger partial charge in [0.2, 0.25) is 0 Å². The number of hydrogen-bond acceptors (Lipinski definition) is 2. The first-order chi connectivity index (χ1) is 4.97. The standard InChI is InChI=1S/C8H8OS/c1-2-4-8-7(3-1)5-9-6-10-8/h1-4H,5-6H2. The Morgan fingerprint density at radius 1 is 1.30 bits per heavy atom. The Labute approximate surface area is 64.4 Å². The first-order valence-corrected chi connectivity index (χ1v) is 4.24. The van der Waals surface area contributed by atoms with Crippen LogP contribution < -0.4 is 0 Å². The molecule has 0 bridgehead atoms. The van der Waals surface area contributed by atoms with E-state index in [9.17, 15) is 0 Å². The van der Waals surface area contributed by atoms with Gasteiger partial charge in [0.15, 0.2) is 0 Å². The lowest BCUT2D eigenvalue weighted by Gasteiger charge is -2.14. The fraction of sp³-hybridized carbons (Fsp3) is 0.250. The maximum atomic E-state index is 5.26. The number of hydrogen-bond donors (Lipinski definition) is 0. The summed E-state index contributed by atoms with van der Waals surface area (Å²) >= 11 is 1.77. The monoisotopic (exact) mass is 152 g/mol. The molecule has 0 fully saturated rings. The highest BCUT2D eigenvalue weighted by atomic mass is 32.2. The van der Waals surface area contributed by atoms with Gasteiger partial charge in [0.05, 0.1) is 12.5 Å². The molecule has 0 atom stereocenters.